The van der Waals surface area contributed by atoms with Gasteiger partial charge in [0.15, 0.2) is 18.5 Å². The Morgan fingerprint density at radius 2 is 2.26 bits per heavy atom. The number of hydrogen-bond acceptors (Lipinski definition) is 7. The second kappa shape index (κ2) is 8.12. The van der Waals surface area contributed by atoms with E-state index >= 15 is 4.39 Å². The highest BCUT2D eigenvalue weighted by atomic mass is 35.5. The number of carbonyl (C=O) groups is 1. The van der Waals surface area contributed by atoms with Gasteiger partial charge in [0.25, 0.3) is 0 Å². The number of nitrogens with zero attached hydrogens (tertiary/aromatic N) is 2. The van der Waals surface area contributed by atoms with Gasteiger partial charge in [-0.2, -0.15) is 4.98 Å². The Bertz CT molecular complexity index is 738. The van der Waals surface area contributed by atoms with Gasteiger partial charge in [-0.1, -0.05) is 27.2 Å². The number of alkyl halides is 2. The van der Waals surface area contributed by atoms with Crippen LogP contribution in [0.4, 0.5) is 10.2 Å². The highest BCUT2D eigenvalue weighted by Crippen LogP contribution is 2.41. The molecule has 27 heavy (non-hydrogen) atoms. The van der Waals surface area contributed by atoms with Crippen molar-refractivity contribution < 1.29 is 23.8 Å². The molecule has 152 valence electrons. The molecule has 0 aliphatic carbocycles. The van der Waals surface area contributed by atoms with Crippen molar-refractivity contribution in [2.45, 2.75) is 57.7 Å². The van der Waals surface area contributed by atoms with Crippen LogP contribution >= 0.6 is 11.6 Å². The Balaban J connectivity index is 2.31. The predicted octanol–water partition coefficient (Wildman–Crippen LogP) is 1.40. The van der Waals surface area contributed by atoms with Crippen LogP contribution in [0.3, 0.4) is 0 Å². The summed E-state index contributed by atoms with van der Waals surface area (Å²) in [5.74, 6) is -1.00. The molecular weight excluding hydrogens is 381 g/mol. The van der Waals surface area contributed by atoms with Crippen molar-refractivity contribution in [2.24, 2.45) is 5.41 Å². The fourth-order valence-electron chi connectivity index (χ4n) is 2.79. The van der Waals surface area contributed by atoms with E-state index in [0.717, 1.165) is 11.0 Å². The number of nitrogen functional groups attached to an aromatic ring is 1. The summed E-state index contributed by atoms with van der Waals surface area (Å²) in [6, 6.07) is 1.31. The summed E-state index contributed by atoms with van der Waals surface area (Å²) in [5.41, 5.74) is 2.60. The summed E-state index contributed by atoms with van der Waals surface area (Å²) in [6.45, 7) is 5.00. The maximum absolute atomic E-state index is 15.2. The molecule has 1 saturated heterocycles. The van der Waals surface area contributed by atoms with Gasteiger partial charge in [-0.05, 0) is 11.5 Å². The van der Waals surface area contributed by atoms with Gasteiger partial charge in [-0.3, -0.25) is 9.36 Å². The molecule has 3 N–H and O–H groups in total. The van der Waals surface area contributed by atoms with E-state index in [-0.39, 0.29) is 23.5 Å². The third kappa shape index (κ3) is 4.41. The van der Waals surface area contributed by atoms with Crippen LogP contribution in [0.15, 0.2) is 17.1 Å². The monoisotopic (exact) mass is 405 g/mol. The number of aliphatic hydroxyl groups is 1. The van der Waals surface area contributed by atoms with Crippen LogP contribution in [0.2, 0.25) is 0 Å². The highest BCUT2D eigenvalue weighted by molar-refractivity contribution is 6.18. The normalized spacial score (nSPS) is 28.3. The van der Waals surface area contributed by atoms with Crippen molar-refractivity contribution in [3.8, 4) is 0 Å². The van der Waals surface area contributed by atoms with Crippen molar-refractivity contribution in [3.63, 3.8) is 0 Å². The Morgan fingerprint density at radius 3 is 2.78 bits per heavy atom. The molecule has 1 aliphatic heterocycles. The molecule has 0 saturated carbocycles. The van der Waals surface area contributed by atoms with Gasteiger partial charge in [-0.25, -0.2) is 9.18 Å². The Kier molecular flexibility index (Phi) is 6.49. The van der Waals surface area contributed by atoms with Crippen LogP contribution in [0.1, 0.15) is 39.8 Å². The van der Waals surface area contributed by atoms with Crippen molar-refractivity contribution in [1.82, 2.24) is 9.55 Å². The van der Waals surface area contributed by atoms with E-state index in [1.54, 1.807) is 0 Å². The van der Waals surface area contributed by atoms with Crippen LogP contribution in [-0.2, 0) is 14.3 Å². The van der Waals surface area contributed by atoms with E-state index in [1.807, 2.05) is 20.8 Å². The Morgan fingerprint density at radius 1 is 1.59 bits per heavy atom. The molecule has 10 heteroatoms. The van der Waals surface area contributed by atoms with Crippen molar-refractivity contribution in [1.29, 1.82) is 0 Å². The van der Waals surface area contributed by atoms with Crippen molar-refractivity contribution in [3.05, 3.63) is 22.7 Å². The van der Waals surface area contributed by atoms with Crippen LogP contribution in [0.5, 0.6) is 0 Å². The second-order valence-corrected chi connectivity index (χ2v) is 7.72. The number of halogens is 2. The van der Waals surface area contributed by atoms with Crippen LogP contribution in [0, 0.1) is 5.41 Å². The lowest BCUT2D eigenvalue weighted by Crippen LogP contribution is -2.49. The van der Waals surface area contributed by atoms with E-state index in [1.165, 1.54) is 12.3 Å². The maximum Gasteiger partial charge on any atom is 0.351 e. The fourth-order valence-corrected chi connectivity index (χ4v) is 3.09. The van der Waals surface area contributed by atoms with Gasteiger partial charge in [0.1, 0.15) is 11.4 Å². The van der Waals surface area contributed by atoms with E-state index < -0.39 is 42.4 Å². The molecular formula is C17H25ClFN3O5. The largest absolute Gasteiger partial charge is 0.456 e. The average molecular weight is 406 g/mol. The number of nitrogens with two attached hydrogens (primary N) is 1. The number of ether oxygens (including phenoxy) is 2. The molecule has 1 fully saturated rings. The highest BCUT2D eigenvalue weighted by Gasteiger charge is 2.58. The van der Waals surface area contributed by atoms with Crippen molar-refractivity contribution >= 4 is 23.4 Å². The topological polar surface area (TPSA) is 117 Å². The van der Waals surface area contributed by atoms with E-state index in [0.29, 0.717) is 0 Å². The van der Waals surface area contributed by atoms with Gasteiger partial charge in [-0.15, -0.1) is 11.6 Å². The SMILES string of the molecule is CCC(C)(C)CC(=O)OC1C(F)C(n2ccc(N)nc2=O)OC1(CO)CCl. The number of aliphatic hydroxyl groups excluding tert-OH is 1. The zero-order valence-electron chi connectivity index (χ0n) is 15.5. The zero-order valence-corrected chi connectivity index (χ0v) is 16.3. The molecule has 0 aromatic carbocycles. The molecule has 0 bridgehead atoms. The van der Waals surface area contributed by atoms with Gasteiger partial charge in [0, 0.05) is 6.20 Å². The van der Waals surface area contributed by atoms with Gasteiger partial charge >= 0.3 is 11.7 Å². The number of aromatic nitrogens is 2. The molecule has 1 aromatic rings. The van der Waals surface area contributed by atoms with E-state index in [9.17, 15) is 14.7 Å². The maximum atomic E-state index is 15.2. The summed E-state index contributed by atoms with van der Waals surface area (Å²) in [7, 11) is 0. The number of hydrogen-bond donors (Lipinski definition) is 2. The fraction of sp³-hybridized carbons (Fsp3) is 0.706. The number of anilines is 1. The average Bonchev–Trinajstić information content (AvgIpc) is 2.87. The third-order valence-electron chi connectivity index (χ3n) is 4.89. The standard InChI is InChI=1S/C17H25ClFN3O5/c1-4-16(2,3)7-11(24)26-13-12(19)14(27-17(13,8-18)9-23)22-6-5-10(20)21-15(22)25/h5-6,12-14,23H,4,7-9H2,1-3H3,(H2,20,21,25). The number of carbonyl (C=O) groups excluding carboxylic acids is 1. The van der Waals surface area contributed by atoms with Crippen LogP contribution < -0.4 is 11.4 Å². The predicted molar refractivity (Wildman–Crippen MR) is 97.0 cm³/mol. The quantitative estimate of drug-likeness (QED) is 0.520. The molecule has 2 heterocycles. The molecule has 1 aliphatic rings. The third-order valence-corrected chi connectivity index (χ3v) is 5.35. The van der Waals surface area contributed by atoms with Gasteiger partial charge in [0.05, 0.1) is 18.9 Å². The first-order valence-corrected chi connectivity index (χ1v) is 9.15. The smallest absolute Gasteiger partial charge is 0.351 e. The van der Waals surface area contributed by atoms with Crippen LogP contribution in [-0.4, -0.2) is 51.0 Å². The van der Waals surface area contributed by atoms with Gasteiger partial charge < -0.3 is 20.3 Å². The lowest BCUT2D eigenvalue weighted by molar-refractivity contribution is -0.167. The van der Waals surface area contributed by atoms with E-state index in [2.05, 4.69) is 4.98 Å². The van der Waals surface area contributed by atoms with Crippen LogP contribution in [0.25, 0.3) is 0 Å². The minimum Gasteiger partial charge on any atom is -0.456 e. The minimum atomic E-state index is -1.94. The molecule has 8 nitrogen and oxygen atoms in total. The zero-order chi connectivity index (χ0) is 20.4. The lowest BCUT2D eigenvalue weighted by atomic mass is 9.86. The molecule has 0 radical (unpaired) electrons. The molecule has 0 spiro atoms. The molecule has 1 aromatic heterocycles. The summed E-state index contributed by atoms with van der Waals surface area (Å²) in [5, 5.41) is 9.78. The molecule has 4 unspecified atom stereocenters. The molecule has 2 rings (SSSR count). The first-order chi connectivity index (χ1) is 12.6. The first-order valence-electron chi connectivity index (χ1n) is 8.62. The summed E-state index contributed by atoms with van der Waals surface area (Å²) in [6.07, 6.45) is -2.87. The molecule has 4 atom stereocenters. The Labute approximate surface area is 161 Å². The lowest BCUT2D eigenvalue weighted by Gasteiger charge is -2.31. The van der Waals surface area contributed by atoms with E-state index in [4.69, 9.17) is 26.8 Å². The second-order valence-electron chi connectivity index (χ2n) is 7.46. The Hall–Kier alpha value is -1.71. The number of rotatable bonds is 7. The van der Waals surface area contributed by atoms with Gasteiger partial charge in [0.2, 0.25) is 0 Å². The first kappa shape index (κ1) is 21.6. The number of esters is 1. The summed E-state index contributed by atoms with van der Waals surface area (Å²) < 4.78 is 27.0. The molecule has 0 amide bonds. The summed E-state index contributed by atoms with van der Waals surface area (Å²) in [4.78, 5) is 27.9. The summed E-state index contributed by atoms with van der Waals surface area (Å²) >= 11 is 5.92. The van der Waals surface area contributed by atoms with Crippen molar-refractivity contribution in [2.75, 3.05) is 18.2 Å². The minimum absolute atomic E-state index is 0.0276.